The average molecular weight is 200 g/mol. The molecule has 0 aromatic heterocycles. The second-order valence-electron chi connectivity index (χ2n) is 3.26. The third-order valence-electron chi connectivity index (χ3n) is 2.51. The van der Waals surface area contributed by atoms with Crippen LogP contribution in [0.3, 0.4) is 0 Å². The summed E-state index contributed by atoms with van der Waals surface area (Å²) < 4.78 is 31.4. The summed E-state index contributed by atoms with van der Waals surface area (Å²) >= 11 is 0. The third kappa shape index (κ3) is 1.43. The van der Waals surface area contributed by atoms with Crippen LogP contribution in [0.25, 0.3) is 0 Å². The highest BCUT2D eigenvalue weighted by Crippen LogP contribution is 2.38. The van der Waals surface area contributed by atoms with E-state index < -0.39 is 17.8 Å². The zero-order valence-corrected chi connectivity index (χ0v) is 7.37. The van der Waals surface area contributed by atoms with Gasteiger partial charge in [0, 0.05) is 13.1 Å². The Morgan fingerprint density at radius 3 is 2.08 bits per heavy atom. The molecule has 2 heterocycles. The number of fused-ring (bicyclic) bond motifs is 2. The van der Waals surface area contributed by atoms with Gasteiger partial charge in [0.1, 0.15) is 0 Å². The lowest BCUT2D eigenvalue weighted by Gasteiger charge is -2.42. The molecule has 2 rings (SSSR count). The molecule has 0 saturated carbocycles. The van der Waals surface area contributed by atoms with Crippen molar-refractivity contribution in [1.82, 2.24) is 5.32 Å². The number of rotatable bonds is 0. The Bertz CT molecular complexity index is 143. The van der Waals surface area contributed by atoms with E-state index >= 15 is 0 Å². The van der Waals surface area contributed by atoms with Crippen LogP contribution in [0.15, 0.2) is 0 Å². The second kappa shape index (κ2) is 3.44. The summed E-state index contributed by atoms with van der Waals surface area (Å²) in [6.07, 6.45) is 0. The fourth-order valence-corrected chi connectivity index (χ4v) is 1.73. The number of hydrogen-bond donors (Lipinski definition) is 1. The van der Waals surface area contributed by atoms with Gasteiger partial charge < -0.3 is 10.1 Å². The Labute approximate surface area is 76.1 Å². The molecule has 0 aliphatic carbocycles. The normalized spacial score (nSPS) is 38.5. The van der Waals surface area contributed by atoms with Crippen LogP contribution in [0.5, 0.6) is 0 Å². The Hall–Kier alpha value is 0.0700. The fraction of sp³-hybridized carbons (Fsp3) is 1.00. The maximum Gasteiger partial charge on any atom is 0.260 e. The molecule has 0 amide bonds. The van der Waals surface area contributed by atoms with Crippen LogP contribution >= 0.6 is 12.4 Å². The summed E-state index contributed by atoms with van der Waals surface area (Å²) in [5, 5.41) is 2.98. The minimum Gasteiger partial charge on any atom is -0.380 e. The summed E-state index contributed by atoms with van der Waals surface area (Å²) in [6.45, 7) is 1.19. The number of alkyl halides is 2. The molecule has 0 aromatic rings. The number of hydrogen-bond acceptors (Lipinski definition) is 2. The van der Waals surface area contributed by atoms with Gasteiger partial charge in [-0.2, -0.15) is 0 Å². The Morgan fingerprint density at radius 2 is 1.67 bits per heavy atom. The molecule has 2 unspecified atom stereocenters. The van der Waals surface area contributed by atoms with Crippen molar-refractivity contribution in [2.45, 2.75) is 5.92 Å². The van der Waals surface area contributed by atoms with Crippen LogP contribution in [0.4, 0.5) is 8.78 Å². The molecule has 2 atom stereocenters. The Balaban J connectivity index is 0.000000720. The highest BCUT2D eigenvalue weighted by molar-refractivity contribution is 5.85. The van der Waals surface area contributed by atoms with Gasteiger partial charge in [-0.05, 0) is 0 Å². The first kappa shape index (κ1) is 10.2. The third-order valence-corrected chi connectivity index (χ3v) is 2.51. The first-order valence-electron chi connectivity index (χ1n) is 3.87. The van der Waals surface area contributed by atoms with Crippen LogP contribution in [0, 0.1) is 11.8 Å². The van der Waals surface area contributed by atoms with Crippen LogP contribution in [0.2, 0.25) is 0 Å². The van der Waals surface area contributed by atoms with Crippen LogP contribution in [-0.2, 0) is 4.74 Å². The predicted molar refractivity (Wildman–Crippen MR) is 42.9 cm³/mol. The lowest BCUT2D eigenvalue weighted by Crippen LogP contribution is -2.58. The van der Waals surface area contributed by atoms with E-state index in [1.165, 1.54) is 0 Å². The van der Waals surface area contributed by atoms with Gasteiger partial charge in [-0.25, -0.2) is 8.78 Å². The molecule has 5 heteroatoms. The van der Waals surface area contributed by atoms with E-state index in [0.29, 0.717) is 13.1 Å². The minimum atomic E-state index is -2.50. The van der Waals surface area contributed by atoms with Crippen molar-refractivity contribution < 1.29 is 13.5 Å². The Kier molecular flexibility index (Phi) is 2.91. The van der Waals surface area contributed by atoms with E-state index in [0.717, 1.165) is 0 Å². The first-order valence-corrected chi connectivity index (χ1v) is 3.87. The largest absolute Gasteiger partial charge is 0.380 e. The fourth-order valence-electron chi connectivity index (χ4n) is 1.73. The second-order valence-corrected chi connectivity index (χ2v) is 3.26. The summed E-state index contributed by atoms with van der Waals surface area (Å²) in [5.74, 6) is -3.70. The summed E-state index contributed by atoms with van der Waals surface area (Å²) in [5.41, 5.74) is 0. The van der Waals surface area contributed by atoms with E-state index in [-0.39, 0.29) is 25.6 Å². The van der Waals surface area contributed by atoms with Crippen molar-refractivity contribution in [2.24, 2.45) is 11.8 Å². The zero-order valence-electron chi connectivity index (χ0n) is 6.56. The van der Waals surface area contributed by atoms with E-state index in [9.17, 15) is 8.78 Å². The molecule has 0 radical (unpaired) electrons. The van der Waals surface area contributed by atoms with Gasteiger partial charge in [0.15, 0.2) is 0 Å². The molecule has 2 fully saturated rings. The van der Waals surface area contributed by atoms with E-state index in [4.69, 9.17) is 4.74 Å². The average Bonchev–Trinajstić information content (AvgIpc) is 1.82. The molecular formula is C7H12ClF2NO. The van der Waals surface area contributed by atoms with Gasteiger partial charge in [0.2, 0.25) is 0 Å². The summed E-state index contributed by atoms with van der Waals surface area (Å²) in [7, 11) is 0. The van der Waals surface area contributed by atoms with Crippen molar-refractivity contribution >= 4 is 12.4 Å². The van der Waals surface area contributed by atoms with Crippen molar-refractivity contribution in [3.8, 4) is 0 Å². The van der Waals surface area contributed by atoms with Gasteiger partial charge in [-0.3, -0.25) is 0 Å². The number of piperidine rings is 1. The number of halogens is 3. The van der Waals surface area contributed by atoms with Crippen LogP contribution < -0.4 is 5.32 Å². The molecule has 72 valence electrons. The molecule has 2 aliphatic rings. The van der Waals surface area contributed by atoms with Crippen molar-refractivity contribution in [3.05, 3.63) is 0 Å². The maximum atomic E-state index is 13.2. The highest BCUT2D eigenvalue weighted by Gasteiger charge is 2.51. The summed E-state index contributed by atoms with van der Waals surface area (Å²) in [6, 6.07) is 0. The molecule has 2 saturated heterocycles. The topological polar surface area (TPSA) is 21.3 Å². The maximum absolute atomic E-state index is 13.2. The van der Waals surface area contributed by atoms with E-state index in [1.807, 2.05) is 0 Å². The van der Waals surface area contributed by atoms with E-state index in [2.05, 4.69) is 5.32 Å². The SMILES string of the molecule is Cl.FC1(F)C2CNCC1COC2. The Morgan fingerprint density at radius 1 is 1.17 bits per heavy atom. The van der Waals surface area contributed by atoms with Gasteiger partial charge in [-0.1, -0.05) is 0 Å². The molecule has 0 aromatic carbocycles. The predicted octanol–water partition coefficient (Wildman–Crippen LogP) is 0.909. The first-order chi connectivity index (χ1) is 5.21. The highest BCUT2D eigenvalue weighted by atomic mass is 35.5. The number of nitrogens with one attached hydrogen (secondary N) is 1. The molecular weight excluding hydrogens is 188 g/mol. The molecule has 2 bridgehead atoms. The molecule has 2 aliphatic heterocycles. The van der Waals surface area contributed by atoms with Gasteiger partial charge in [-0.15, -0.1) is 12.4 Å². The monoisotopic (exact) mass is 199 g/mol. The van der Waals surface area contributed by atoms with Crippen molar-refractivity contribution in [2.75, 3.05) is 26.3 Å². The van der Waals surface area contributed by atoms with Gasteiger partial charge in [0.25, 0.3) is 5.92 Å². The van der Waals surface area contributed by atoms with Crippen molar-refractivity contribution in [1.29, 1.82) is 0 Å². The van der Waals surface area contributed by atoms with Crippen molar-refractivity contribution in [3.63, 3.8) is 0 Å². The summed E-state index contributed by atoms with van der Waals surface area (Å²) in [4.78, 5) is 0. The lowest BCUT2D eigenvalue weighted by atomic mass is 9.85. The molecule has 0 spiro atoms. The van der Waals surface area contributed by atoms with Crippen LogP contribution in [0.1, 0.15) is 0 Å². The van der Waals surface area contributed by atoms with E-state index in [1.54, 1.807) is 0 Å². The molecule has 12 heavy (non-hydrogen) atoms. The molecule has 1 N–H and O–H groups in total. The smallest absolute Gasteiger partial charge is 0.260 e. The van der Waals surface area contributed by atoms with Crippen LogP contribution in [-0.4, -0.2) is 32.2 Å². The van der Waals surface area contributed by atoms with Gasteiger partial charge in [0.05, 0.1) is 25.0 Å². The quantitative estimate of drug-likeness (QED) is 0.626. The van der Waals surface area contributed by atoms with Gasteiger partial charge >= 0.3 is 0 Å². The number of ether oxygens (including phenoxy) is 1. The lowest BCUT2D eigenvalue weighted by molar-refractivity contribution is -0.195. The standard InChI is InChI=1S/C7H11F2NO.ClH/c8-7(9)5-1-10-2-6(7)4-11-3-5;/h5-6,10H,1-4H2;1H. The molecule has 2 nitrogen and oxygen atoms in total. The minimum absolute atomic E-state index is 0. The zero-order chi connectivity index (χ0) is 7.90.